The Balaban J connectivity index is 1.29. The molecule has 1 heterocycles. The quantitative estimate of drug-likeness (QED) is 0.292. The van der Waals surface area contributed by atoms with Crippen molar-refractivity contribution in [2.24, 2.45) is 0 Å². The lowest BCUT2D eigenvalue weighted by Crippen LogP contribution is -2.36. The monoisotopic (exact) mass is 508 g/mol. The number of aryl methyl sites for hydroxylation is 1. The number of hydrogen-bond donors (Lipinski definition) is 1. The molecule has 0 atom stereocenters. The summed E-state index contributed by atoms with van der Waals surface area (Å²) < 4.78 is 6.02. The molecule has 4 aromatic rings. The predicted octanol–water partition coefficient (Wildman–Crippen LogP) is 6.40. The number of para-hydroxylation sites is 1. The first kappa shape index (κ1) is 24.3. The Hall–Kier alpha value is -4.36. The molecule has 7 heteroatoms. The molecule has 0 aliphatic carbocycles. The van der Waals surface area contributed by atoms with E-state index in [4.69, 9.17) is 4.74 Å². The maximum absolute atomic E-state index is 13.0. The number of thioether (sulfide) groups is 1. The number of anilines is 1. The third kappa shape index (κ3) is 5.57. The minimum atomic E-state index is -0.503. The van der Waals surface area contributed by atoms with Gasteiger partial charge in [0.15, 0.2) is 0 Å². The zero-order valence-electron chi connectivity index (χ0n) is 20.1. The van der Waals surface area contributed by atoms with Crippen molar-refractivity contribution >= 4 is 51.4 Å². The molecule has 0 bridgehead atoms. The van der Waals surface area contributed by atoms with Crippen LogP contribution in [-0.2, 0) is 16.2 Å². The minimum absolute atomic E-state index is 0.245. The zero-order valence-corrected chi connectivity index (χ0v) is 21.0. The highest BCUT2D eigenvalue weighted by Gasteiger charge is 2.36. The molecule has 1 aliphatic rings. The van der Waals surface area contributed by atoms with Crippen LogP contribution in [0.4, 0.5) is 10.5 Å². The van der Waals surface area contributed by atoms with Gasteiger partial charge in [-0.05, 0) is 47.8 Å². The Morgan fingerprint density at radius 1 is 0.946 bits per heavy atom. The summed E-state index contributed by atoms with van der Waals surface area (Å²) >= 11 is 0.816. The molecule has 3 amide bonds. The van der Waals surface area contributed by atoms with Gasteiger partial charge in [-0.2, -0.15) is 0 Å². The second-order valence-corrected chi connectivity index (χ2v) is 9.65. The first-order valence-corrected chi connectivity index (χ1v) is 12.6. The van der Waals surface area contributed by atoms with Gasteiger partial charge in [0.1, 0.15) is 18.9 Å². The summed E-state index contributed by atoms with van der Waals surface area (Å²) in [6.07, 6.45) is 1.64. The normalized spacial score (nSPS) is 14.4. The molecule has 0 saturated carbocycles. The van der Waals surface area contributed by atoms with Crippen LogP contribution >= 0.6 is 11.8 Å². The van der Waals surface area contributed by atoms with Crippen molar-refractivity contribution in [3.63, 3.8) is 0 Å². The zero-order chi connectivity index (χ0) is 25.8. The molecule has 6 nitrogen and oxygen atoms in total. The molecule has 1 saturated heterocycles. The molecular formula is C30H24N2O4S. The van der Waals surface area contributed by atoms with Gasteiger partial charge in [-0.15, -0.1) is 0 Å². The molecule has 37 heavy (non-hydrogen) atoms. The second kappa shape index (κ2) is 10.7. The minimum Gasteiger partial charge on any atom is -0.488 e. The molecule has 0 aromatic heterocycles. The summed E-state index contributed by atoms with van der Waals surface area (Å²) in [6, 6.07) is 28.7. The van der Waals surface area contributed by atoms with Crippen molar-refractivity contribution < 1.29 is 19.1 Å². The number of carbonyl (C=O) groups is 3. The van der Waals surface area contributed by atoms with Gasteiger partial charge in [0.25, 0.3) is 11.1 Å². The van der Waals surface area contributed by atoms with Gasteiger partial charge in [0.05, 0.1) is 4.91 Å². The standard InChI is InChI=1S/C30H24N2O4S/c1-20-8-6-9-21(16-20)19-36-26-15-5-3-11-23(26)17-27-29(34)32(30(35)37-27)18-28(33)31-25-14-7-12-22-10-2-4-13-24(22)25/h2-17H,18-19H2,1H3,(H,31,33)/b27-17+. The van der Waals surface area contributed by atoms with E-state index in [-0.39, 0.29) is 11.4 Å². The van der Waals surface area contributed by atoms with E-state index in [0.717, 1.165) is 38.6 Å². The molecule has 0 radical (unpaired) electrons. The Labute approximate surface area is 218 Å². The lowest BCUT2D eigenvalue weighted by Gasteiger charge is -2.13. The van der Waals surface area contributed by atoms with Gasteiger partial charge in [-0.3, -0.25) is 19.3 Å². The molecule has 0 spiro atoms. The van der Waals surface area contributed by atoms with Crippen LogP contribution < -0.4 is 10.1 Å². The topological polar surface area (TPSA) is 75.7 Å². The maximum atomic E-state index is 13.0. The van der Waals surface area contributed by atoms with Crippen molar-refractivity contribution in [2.45, 2.75) is 13.5 Å². The van der Waals surface area contributed by atoms with E-state index in [1.54, 1.807) is 12.1 Å². The number of fused-ring (bicyclic) bond motifs is 1. The SMILES string of the molecule is Cc1cccc(COc2ccccc2/C=C2/SC(=O)N(CC(=O)Nc3cccc4ccccc34)C2=O)c1. The molecule has 4 aromatic carbocycles. The maximum Gasteiger partial charge on any atom is 0.294 e. The first-order valence-electron chi connectivity index (χ1n) is 11.8. The Kier molecular flexibility index (Phi) is 7.05. The molecule has 5 rings (SSSR count). The van der Waals surface area contributed by atoms with Crippen LogP contribution in [0.5, 0.6) is 5.75 Å². The lowest BCUT2D eigenvalue weighted by molar-refractivity contribution is -0.127. The lowest BCUT2D eigenvalue weighted by atomic mass is 10.1. The van der Waals surface area contributed by atoms with Crippen LogP contribution in [0.25, 0.3) is 16.8 Å². The Morgan fingerprint density at radius 3 is 2.57 bits per heavy atom. The van der Waals surface area contributed by atoms with Crippen LogP contribution in [-0.4, -0.2) is 28.5 Å². The summed E-state index contributed by atoms with van der Waals surface area (Å²) in [5, 5.41) is 4.21. The smallest absolute Gasteiger partial charge is 0.294 e. The average molecular weight is 509 g/mol. The van der Waals surface area contributed by atoms with Crippen molar-refractivity contribution in [1.29, 1.82) is 0 Å². The molecule has 1 fully saturated rings. The number of carbonyl (C=O) groups excluding carboxylic acids is 3. The summed E-state index contributed by atoms with van der Waals surface area (Å²) in [5.41, 5.74) is 3.49. The first-order chi connectivity index (χ1) is 18.0. The van der Waals surface area contributed by atoms with Crippen molar-refractivity contribution in [3.8, 4) is 5.75 Å². The Bertz CT molecular complexity index is 1540. The van der Waals surface area contributed by atoms with E-state index >= 15 is 0 Å². The van der Waals surface area contributed by atoms with E-state index in [9.17, 15) is 14.4 Å². The number of nitrogens with one attached hydrogen (secondary N) is 1. The fourth-order valence-electron chi connectivity index (χ4n) is 4.14. The highest BCUT2D eigenvalue weighted by atomic mass is 32.2. The second-order valence-electron chi connectivity index (χ2n) is 8.66. The highest BCUT2D eigenvalue weighted by molar-refractivity contribution is 8.18. The van der Waals surface area contributed by atoms with E-state index in [2.05, 4.69) is 11.4 Å². The molecule has 184 valence electrons. The summed E-state index contributed by atoms with van der Waals surface area (Å²) in [7, 11) is 0. The molecular weight excluding hydrogens is 484 g/mol. The molecule has 1 N–H and O–H groups in total. The Morgan fingerprint density at radius 2 is 1.70 bits per heavy atom. The van der Waals surface area contributed by atoms with Crippen LogP contribution in [0.2, 0.25) is 0 Å². The molecule has 1 aliphatic heterocycles. The number of rotatable bonds is 7. The third-order valence-electron chi connectivity index (χ3n) is 5.92. The summed E-state index contributed by atoms with van der Waals surface area (Å²) in [5.74, 6) is -0.345. The van der Waals surface area contributed by atoms with Gasteiger partial charge in [0, 0.05) is 16.6 Å². The van der Waals surface area contributed by atoms with Gasteiger partial charge >= 0.3 is 0 Å². The number of imide groups is 1. The van der Waals surface area contributed by atoms with Crippen LogP contribution in [0.1, 0.15) is 16.7 Å². The van der Waals surface area contributed by atoms with Crippen molar-refractivity contribution in [3.05, 3.63) is 113 Å². The highest BCUT2D eigenvalue weighted by Crippen LogP contribution is 2.34. The van der Waals surface area contributed by atoms with Gasteiger partial charge in [0.2, 0.25) is 5.91 Å². The summed E-state index contributed by atoms with van der Waals surface area (Å²) in [6.45, 7) is 2.04. The fraction of sp³-hybridized carbons (Fsp3) is 0.100. The van der Waals surface area contributed by atoms with E-state index in [1.807, 2.05) is 85.8 Å². The van der Waals surface area contributed by atoms with E-state index < -0.39 is 17.1 Å². The number of benzene rings is 4. The number of ether oxygens (including phenoxy) is 1. The van der Waals surface area contributed by atoms with Crippen LogP contribution in [0.15, 0.2) is 95.9 Å². The van der Waals surface area contributed by atoms with Gasteiger partial charge < -0.3 is 10.1 Å². The number of nitrogens with zero attached hydrogens (tertiary/aromatic N) is 1. The third-order valence-corrected chi connectivity index (χ3v) is 6.83. The van der Waals surface area contributed by atoms with E-state index in [0.29, 0.717) is 23.6 Å². The van der Waals surface area contributed by atoms with Gasteiger partial charge in [-0.25, -0.2) is 0 Å². The number of hydrogen-bond acceptors (Lipinski definition) is 5. The number of amides is 3. The van der Waals surface area contributed by atoms with Crippen LogP contribution in [0, 0.1) is 6.92 Å². The van der Waals surface area contributed by atoms with Crippen molar-refractivity contribution in [1.82, 2.24) is 4.90 Å². The van der Waals surface area contributed by atoms with Crippen molar-refractivity contribution in [2.75, 3.05) is 11.9 Å². The van der Waals surface area contributed by atoms with Crippen LogP contribution in [0.3, 0.4) is 0 Å². The fourth-order valence-corrected chi connectivity index (χ4v) is 4.97. The predicted molar refractivity (Wildman–Crippen MR) is 147 cm³/mol. The average Bonchev–Trinajstić information content (AvgIpc) is 3.15. The largest absolute Gasteiger partial charge is 0.488 e. The van der Waals surface area contributed by atoms with Gasteiger partial charge in [-0.1, -0.05) is 84.4 Å². The molecule has 0 unspecified atom stereocenters. The summed E-state index contributed by atoms with van der Waals surface area (Å²) in [4.78, 5) is 39.6. The van der Waals surface area contributed by atoms with E-state index in [1.165, 1.54) is 0 Å².